The molecule has 18 heavy (non-hydrogen) atoms. The van der Waals surface area contributed by atoms with E-state index in [9.17, 15) is 0 Å². The summed E-state index contributed by atoms with van der Waals surface area (Å²) < 4.78 is 5.29. The predicted octanol–water partition coefficient (Wildman–Crippen LogP) is 3.03. The lowest BCUT2D eigenvalue weighted by atomic mass is 10.1. The molecule has 0 amide bonds. The van der Waals surface area contributed by atoms with Gasteiger partial charge in [0.25, 0.3) is 0 Å². The fraction of sp³-hybridized carbons (Fsp3) is 0.333. The highest BCUT2D eigenvalue weighted by Crippen LogP contribution is 2.46. The summed E-state index contributed by atoms with van der Waals surface area (Å²) in [5.41, 5.74) is 6.37. The normalized spacial score (nSPS) is 16.8. The number of hydrogen-bond donors (Lipinski definition) is 1. The predicted molar refractivity (Wildman–Crippen MR) is 69.7 cm³/mol. The summed E-state index contributed by atoms with van der Waals surface area (Å²) in [5, 5.41) is 5.05. The van der Waals surface area contributed by atoms with Crippen LogP contribution in [0, 0.1) is 0 Å². The second-order valence-electron chi connectivity index (χ2n) is 4.57. The molecule has 0 unspecified atom stereocenters. The van der Waals surface area contributed by atoms with E-state index in [-0.39, 0.29) is 5.41 Å². The molecule has 0 aliphatic heterocycles. The zero-order chi connectivity index (χ0) is 12.8. The van der Waals surface area contributed by atoms with E-state index < -0.39 is 0 Å². The van der Waals surface area contributed by atoms with Crippen molar-refractivity contribution in [3.8, 4) is 11.4 Å². The largest absolute Gasteiger partial charge is 0.338 e. The Bertz CT molecular complexity index is 573. The van der Waals surface area contributed by atoms with Crippen LogP contribution in [0.4, 0.5) is 0 Å². The van der Waals surface area contributed by atoms with Crippen molar-refractivity contribution in [1.29, 1.82) is 0 Å². The molecule has 1 aliphatic carbocycles. The summed E-state index contributed by atoms with van der Waals surface area (Å²) in [6.07, 6.45) is 2.00. The average molecular weight is 284 g/mol. The molecule has 1 aromatic heterocycles. The van der Waals surface area contributed by atoms with Gasteiger partial charge >= 0.3 is 0 Å². The molecule has 1 aromatic carbocycles. The molecule has 0 bridgehead atoms. The number of benzene rings is 1. The molecule has 2 aromatic rings. The lowest BCUT2D eigenvalue weighted by Crippen LogP contribution is -2.19. The van der Waals surface area contributed by atoms with Gasteiger partial charge in [0.15, 0.2) is 0 Å². The van der Waals surface area contributed by atoms with Gasteiger partial charge in [-0.1, -0.05) is 28.4 Å². The van der Waals surface area contributed by atoms with Gasteiger partial charge in [0.1, 0.15) is 0 Å². The molecule has 0 radical (unpaired) electrons. The van der Waals surface area contributed by atoms with Crippen LogP contribution in [-0.2, 0) is 5.41 Å². The molecular weight excluding hydrogens is 273 g/mol. The molecule has 6 heteroatoms. The zero-order valence-electron chi connectivity index (χ0n) is 9.49. The quantitative estimate of drug-likeness (QED) is 0.940. The lowest BCUT2D eigenvalue weighted by molar-refractivity contribution is 0.347. The van der Waals surface area contributed by atoms with Crippen molar-refractivity contribution in [2.45, 2.75) is 18.3 Å². The fourth-order valence-corrected chi connectivity index (χ4v) is 2.42. The summed E-state index contributed by atoms with van der Waals surface area (Å²) in [7, 11) is 0. The molecule has 0 saturated heterocycles. The van der Waals surface area contributed by atoms with E-state index >= 15 is 0 Å². The number of halogens is 2. The topological polar surface area (TPSA) is 64.9 Å². The van der Waals surface area contributed by atoms with E-state index in [1.807, 2.05) is 0 Å². The monoisotopic (exact) mass is 283 g/mol. The van der Waals surface area contributed by atoms with Crippen LogP contribution in [0.25, 0.3) is 11.4 Å². The van der Waals surface area contributed by atoms with Crippen molar-refractivity contribution in [1.82, 2.24) is 10.1 Å². The van der Waals surface area contributed by atoms with E-state index in [0.717, 1.165) is 18.4 Å². The van der Waals surface area contributed by atoms with Crippen molar-refractivity contribution in [2.75, 3.05) is 6.54 Å². The summed E-state index contributed by atoms with van der Waals surface area (Å²) in [4.78, 5) is 4.39. The van der Waals surface area contributed by atoms with Crippen LogP contribution in [0.15, 0.2) is 22.7 Å². The summed E-state index contributed by atoms with van der Waals surface area (Å²) in [5.74, 6) is 1.10. The zero-order valence-corrected chi connectivity index (χ0v) is 11.0. The smallest absolute Gasteiger partial charge is 0.234 e. The van der Waals surface area contributed by atoms with E-state index in [1.54, 1.807) is 18.2 Å². The van der Waals surface area contributed by atoms with Crippen LogP contribution >= 0.6 is 23.2 Å². The minimum absolute atomic E-state index is 0.104. The maximum Gasteiger partial charge on any atom is 0.234 e. The Morgan fingerprint density at radius 2 is 1.89 bits per heavy atom. The lowest BCUT2D eigenvalue weighted by Gasteiger charge is -2.03. The molecule has 1 heterocycles. The van der Waals surface area contributed by atoms with E-state index in [1.165, 1.54) is 0 Å². The maximum absolute atomic E-state index is 5.95. The van der Waals surface area contributed by atoms with Crippen LogP contribution in [0.3, 0.4) is 0 Å². The fourth-order valence-electron chi connectivity index (χ4n) is 1.90. The highest BCUT2D eigenvalue weighted by Gasteiger charge is 2.48. The third kappa shape index (κ3) is 2.00. The summed E-state index contributed by atoms with van der Waals surface area (Å²) in [6, 6.07) is 5.17. The Kier molecular flexibility index (Phi) is 2.81. The van der Waals surface area contributed by atoms with Crippen LogP contribution in [-0.4, -0.2) is 16.7 Å². The summed E-state index contributed by atoms with van der Waals surface area (Å²) in [6.45, 7) is 0.533. The van der Waals surface area contributed by atoms with Crippen LogP contribution in [0.2, 0.25) is 10.0 Å². The van der Waals surface area contributed by atoms with Gasteiger partial charge in [0.05, 0.1) is 5.41 Å². The molecule has 0 atom stereocenters. The Balaban J connectivity index is 1.98. The van der Waals surface area contributed by atoms with Gasteiger partial charge in [-0.2, -0.15) is 4.98 Å². The molecule has 1 saturated carbocycles. The van der Waals surface area contributed by atoms with E-state index in [4.69, 9.17) is 33.5 Å². The Morgan fingerprint density at radius 1 is 1.22 bits per heavy atom. The summed E-state index contributed by atoms with van der Waals surface area (Å²) >= 11 is 11.9. The van der Waals surface area contributed by atoms with Gasteiger partial charge in [0, 0.05) is 22.2 Å². The van der Waals surface area contributed by atoms with Gasteiger partial charge in [-0.25, -0.2) is 0 Å². The standard InChI is InChI=1S/C12H11Cl2N3O/c13-8-3-7(4-9(14)5-8)10-16-11(18-17-10)12(6-15)1-2-12/h3-5H,1-2,6,15H2. The molecule has 0 spiro atoms. The molecule has 94 valence electrons. The minimum Gasteiger partial charge on any atom is -0.338 e. The number of nitrogens with two attached hydrogens (primary N) is 1. The van der Waals surface area contributed by atoms with Gasteiger partial charge in [-0.3, -0.25) is 0 Å². The molecule has 1 aliphatic rings. The van der Waals surface area contributed by atoms with Crippen LogP contribution in [0.5, 0.6) is 0 Å². The SMILES string of the molecule is NCC1(c2nc(-c3cc(Cl)cc(Cl)c3)no2)CC1. The molecule has 1 fully saturated rings. The molecular formula is C12H11Cl2N3O. The third-order valence-corrected chi connectivity index (χ3v) is 3.68. The van der Waals surface area contributed by atoms with Crippen molar-refractivity contribution in [3.63, 3.8) is 0 Å². The van der Waals surface area contributed by atoms with Gasteiger partial charge in [0.2, 0.25) is 11.7 Å². The van der Waals surface area contributed by atoms with E-state index in [2.05, 4.69) is 10.1 Å². The number of hydrogen-bond acceptors (Lipinski definition) is 4. The Morgan fingerprint density at radius 3 is 2.44 bits per heavy atom. The number of nitrogens with zero attached hydrogens (tertiary/aromatic N) is 2. The number of rotatable bonds is 3. The Hall–Kier alpha value is -1.10. The molecule has 4 nitrogen and oxygen atoms in total. The van der Waals surface area contributed by atoms with E-state index in [0.29, 0.717) is 28.3 Å². The van der Waals surface area contributed by atoms with Crippen LogP contribution in [0.1, 0.15) is 18.7 Å². The van der Waals surface area contributed by atoms with Crippen LogP contribution < -0.4 is 5.73 Å². The molecule has 2 N–H and O–H groups in total. The molecule has 3 rings (SSSR count). The first-order valence-electron chi connectivity index (χ1n) is 5.64. The van der Waals surface area contributed by atoms with Gasteiger partial charge < -0.3 is 10.3 Å². The first kappa shape index (κ1) is 12.0. The van der Waals surface area contributed by atoms with Gasteiger partial charge in [-0.05, 0) is 31.0 Å². The van der Waals surface area contributed by atoms with Crippen molar-refractivity contribution in [2.24, 2.45) is 5.73 Å². The third-order valence-electron chi connectivity index (χ3n) is 3.24. The number of aromatic nitrogens is 2. The maximum atomic E-state index is 5.95. The Labute approximate surface area is 114 Å². The highest BCUT2D eigenvalue weighted by molar-refractivity contribution is 6.35. The van der Waals surface area contributed by atoms with Crippen molar-refractivity contribution >= 4 is 23.2 Å². The second-order valence-corrected chi connectivity index (χ2v) is 5.44. The average Bonchev–Trinajstić information content (AvgIpc) is 2.97. The van der Waals surface area contributed by atoms with Crippen molar-refractivity contribution < 1.29 is 4.52 Å². The minimum atomic E-state index is -0.104. The first-order chi connectivity index (χ1) is 8.63. The highest BCUT2D eigenvalue weighted by atomic mass is 35.5. The second kappa shape index (κ2) is 4.23. The first-order valence-corrected chi connectivity index (χ1v) is 6.39. The van der Waals surface area contributed by atoms with Gasteiger partial charge in [-0.15, -0.1) is 0 Å². The van der Waals surface area contributed by atoms with Crippen molar-refractivity contribution in [3.05, 3.63) is 34.1 Å².